The van der Waals surface area contributed by atoms with E-state index in [4.69, 9.17) is 14.2 Å². The molecule has 2 rings (SSSR count). The van der Waals surface area contributed by atoms with Crippen molar-refractivity contribution in [3.8, 4) is 17.2 Å². The van der Waals surface area contributed by atoms with Crippen LogP contribution >= 0.6 is 0 Å². The Morgan fingerprint density at radius 3 is 2.11 bits per heavy atom. The van der Waals surface area contributed by atoms with Gasteiger partial charge in [-0.3, -0.25) is 9.59 Å². The number of hydrogen-bond donors (Lipinski definition) is 1. The van der Waals surface area contributed by atoms with Crippen LogP contribution in [0.1, 0.15) is 18.1 Å². The Morgan fingerprint density at radius 2 is 1.61 bits per heavy atom. The summed E-state index contributed by atoms with van der Waals surface area (Å²) in [6.45, 7) is 3.66. The molecule has 0 aliphatic carbocycles. The van der Waals surface area contributed by atoms with Crippen LogP contribution in [-0.4, -0.2) is 39.7 Å². The van der Waals surface area contributed by atoms with Crippen molar-refractivity contribution in [2.24, 2.45) is 0 Å². The van der Waals surface area contributed by atoms with E-state index in [9.17, 15) is 9.59 Å². The molecule has 0 atom stereocenters. The molecule has 28 heavy (non-hydrogen) atoms. The number of ether oxygens (including phenoxy) is 3. The fourth-order valence-corrected chi connectivity index (χ4v) is 2.81. The monoisotopic (exact) mass is 386 g/mol. The van der Waals surface area contributed by atoms with Gasteiger partial charge in [-0.25, -0.2) is 0 Å². The lowest BCUT2D eigenvalue weighted by Crippen LogP contribution is -2.39. The highest BCUT2D eigenvalue weighted by atomic mass is 16.5. The van der Waals surface area contributed by atoms with E-state index in [1.54, 1.807) is 12.1 Å². The van der Waals surface area contributed by atoms with Gasteiger partial charge in [0.15, 0.2) is 11.5 Å². The predicted octanol–water partition coefficient (Wildman–Crippen LogP) is 2.69. The number of nitrogens with zero attached hydrogens (tertiary/aromatic N) is 1. The Bertz CT molecular complexity index is 825. The van der Waals surface area contributed by atoms with Gasteiger partial charge < -0.3 is 24.4 Å². The van der Waals surface area contributed by atoms with Crippen LogP contribution in [0.3, 0.4) is 0 Å². The van der Waals surface area contributed by atoms with Crippen molar-refractivity contribution in [2.75, 3.05) is 32.8 Å². The summed E-state index contributed by atoms with van der Waals surface area (Å²) in [5.74, 6) is 0.681. The molecule has 0 saturated carbocycles. The molecule has 0 fully saturated rings. The maximum absolute atomic E-state index is 12.5. The number of aryl methyl sites for hydroxylation is 1. The molecule has 0 heterocycles. The molecule has 7 nitrogen and oxygen atoms in total. The minimum absolute atomic E-state index is 0.125. The molecule has 0 aliphatic rings. The molecule has 2 amide bonds. The zero-order valence-corrected chi connectivity index (χ0v) is 16.9. The molecule has 0 spiro atoms. The van der Waals surface area contributed by atoms with Crippen LogP contribution in [0.15, 0.2) is 36.4 Å². The molecule has 2 aromatic carbocycles. The first kappa shape index (κ1) is 21.1. The van der Waals surface area contributed by atoms with E-state index in [2.05, 4.69) is 5.32 Å². The van der Waals surface area contributed by atoms with Gasteiger partial charge in [-0.1, -0.05) is 24.3 Å². The Labute approximate surface area is 165 Å². The van der Waals surface area contributed by atoms with E-state index < -0.39 is 0 Å². The molecule has 150 valence electrons. The minimum Gasteiger partial charge on any atom is -0.493 e. The van der Waals surface area contributed by atoms with Crippen LogP contribution in [0.25, 0.3) is 0 Å². The van der Waals surface area contributed by atoms with E-state index in [1.807, 2.05) is 31.2 Å². The predicted molar refractivity (Wildman–Crippen MR) is 107 cm³/mol. The number of hydrogen-bond acceptors (Lipinski definition) is 5. The average molecular weight is 386 g/mol. The first-order valence-corrected chi connectivity index (χ1v) is 8.80. The summed E-state index contributed by atoms with van der Waals surface area (Å²) in [6, 6.07) is 11.1. The van der Waals surface area contributed by atoms with Crippen molar-refractivity contribution < 1.29 is 23.8 Å². The maximum Gasteiger partial charge on any atom is 0.240 e. The van der Waals surface area contributed by atoms with Crippen LogP contribution < -0.4 is 24.4 Å². The van der Waals surface area contributed by atoms with Crippen molar-refractivity contribution in [3.05, 3.63) is 47.5 Å². The Balaban J connectivity index is 2.20. The maximum atomic E-state index is 12.5. The summed E-state index contributed by atoms with van der Waals surface area (Å²) in [5.41, 5.74) is 2.60. The van der Waals surface area contributed by atoms with Crippen LogP contribution in [-0.2, 0) is 16.1 Å². The van der Waals surface area contributed by atoms with E-state index in [0.29, 0.717) is 29.5 Å². The number of nitrogens with one attached hydrogen (secondary N) is 1. The highest BCUT2D eigenvalue weighted by Crippen LogP contribution is 2.41. The molecular weight excluding hydrogens is 360 g/mol. The van der Waals surface area contributed by atoms with Crippen molar-refractivity contribution >= 4 is 17.5 Å². The Hall–Kier alpha value is -3.22. The third-order valence-corrected chi connectivity index (χ3v) is 4.38. The van der Waals surface area contributed by atoms with Gasteiger partial charge in [0.25, 0.3) is 0 Å². The van der Waals surface area contributed by atoms with Crippen molar-refractivity contribution in [2.45, 2.75) is 20.4 Å². The van der Waals surface area contributed by atoms with Crippen LogP contribution in [0.5, 0.6) is 17.2 Å². The molecule has 0 aromatic heterocycles. The first-order chi connectivity index (χ1) is 13.4. The van der Waals surface area contributed by atoms with Gasteiger partial charge >= 0.3 is 0 Å². The van der Waals surface area contributed by atoms with Gasteiger partial charge in [0.2, 0.25) is 17.6 Å². The van der Waals surface area contributed by atoms with Crippen LogP contribution in [0.2, 0.25) is 0 Å². The van der Waals surface area contributed by atoms with E-state index >= 15 is 0 Å². The zero-order chi connectivity index (χ0) is 20.7. The zero-order valence-electron chi connectivity index (χ0n) is 16.9. The number of carbonyl (C=O) groups excluding carboxylic acids is 2. The lowest BCUT2D eigenvalue weighted by atomic mass is 10.1. The fraction of sp³-hybridized carbons (Fsp3) is 0.333. The first-order valence-electron chi connectivity index (χ1n) is 8.80. The average Bonchev–Trinajstić information content (AvgIpc) is 2.69. The van der Waals surface area contributed by atoms with Crippen molar-refractivity contribution in [1.82, 2.24) is 5.32 Å². The van der Waals surface area contributed by atoms with Gasteiger partial charge in [-0.2, -0.15) is 0 Å². The summed E-state index contributed by atoms with van der Waals surface area (Å²) in [7, 11) is 4.49. The molecule has 0 radical (unpaired) electrons. The third-order valence-electron chi connectivity index (χ3n) is 4.38. The standard InChI is InChI=1S/C21H26N2O5/c1-14-8-6-7-9-16(14)12-22-20(25)13-23(15(2)24)17-10-18(26-3)21(28-5)19(11-17)27-4/h6-11H,12-13H2,1-5H3,(H,22,25). The molecule has 0 saturated heterocycles. The van der Waals surface area contributed by atoms with Gasteiger partial charge in [-0.15, -0.1) is 0 Å². The van der Waals surface area contributed by atoms with E-state index in [0.717, 1.165) is 11.1 Å². The third kappa shape index (κ3) is 4.94. The molecule has 7 heteroatoms. The highest BCUT2D eigenvalue weighted by Gasteiger charge is 2.21. The second-order valence-corrected chi connectivity index (χ2v) is 6.19. The summed E-state index contributed by atoms with van der Waals surface area (Å²) < 4.78 is 16.0. The topological polar surface area (TPSA) is 77.1 Å². The van der Waals surface area contributed by atoms with Crippen LogP contribution in [0, 0.1) is 6.92 Å². The quantitative estimate of drug-likeness (QED) is 0.755. The molecular formula is C21H26N2O5. The number of anilines is 1. The Morgan fingerprint density at radius 1 is 1.00 bits per heavy atom. The molecule has 1 N–H and O–H groups in total. The Kier molecular flexibility index (Phi) is 7.26. The number of carbonyl (C=O) groups is 2. The highest BCUT2D eigenvalue weighted by molar-refractivity contribution is 5.98. The number of methoxy groups -OCH3 is 3. The van der Waals surface area contributed by atoms with Gasteiger partial charge in [0.1, 0.15) is 6.54 Å². The van der Waals surface area contributed by atoms with Gasteiger partial charge in [0.05, 0.1) is 27.0 Å². The van der Waals surface area contributed by atoms with Crippen molar-refractivity contribution in [3.63, 3.8) is 0 Å². The second kappa shape index (κ2) is 9.64. The largest absolute Gasteiger partial charge is 0.493 e. The van der Waals surface area contributed by atoms with Gasteiger partial charge in [-0.05, 0) is 18.1 Å². The summed E-state index contributed by atoms with van der Waals surface area (Å²) in [4.78, 5) is 26.0. The minimum atomic E-state index is -0.277. The normalized spacial score (nSPS) is 10.2. The second-order valence-electron chi connectivity index (χ2n) is 6.19. The number of benzene rings is 2. The summed E-state index contributed by atoms with van der Waals surface area (Å²) in [5, 5.41) is 2.85. The van der Waals surface area contributed by atoms with Gasteiger partial charge in [0, 0.05) is 25.6 Å². The number of rotatable bonds is 8. The molecule has 0 bridgehead atoms. The van der Waals surface area contributed by atoms with E-state index in [1.165, 1.54) is 33.2 Å². The molecule has 0 aliphatic heterocycles. The molecule has 2 aromatic rings. The summed E-state index contributed by atoms with van der Waals surface area (Å²) in [6.07, 6.45) is 0. The van der Waals surface area contributed by atoms with E-state index in [-0.39, 0.29) is 18.4 Å². The lowest BCUT2D eigenvalue weighted by Gasteiger charge is -2.23. The van der Waals surface area contributed by atoms with Crippen molar-refractivity contribution in [1.29, 1.82) is 0 Å². The lowest BCUT2D eigenvalue weighted by molar-refractivity contribution is -0.123. The van der Waals surface area contributed by atoms with Crippen LogP contribution in [0.4, 0.5) is 5.69 Å². The smallest absolute Gasteiger partial charge is 0.240 e. The molecule has 0 unspecified atom stereocenters. The fourth-order valence-electron chi connectivity index (χ4n) is 2.81. The SMILES string of the molecule is COc1cc(N(CC(=O)NCc2ccccc2C)C(C)=O)cc(OC)c1OC. The summed E-state index contributed by atoms with van der Waals surface area (Å²) >= 11 is 0. The number of amides is 2.